The van der Waals surface area contributed by atoms with Gasteiger partial charge in [0, 0.05) is 6.20 Å². The molecular formula is C21H18BrN3O3. The normalized spacial score (nSPS) is 10.8. The van der Waals surface area contributed by atoms with Crippen molar-refractivity contribution in [2.45, 2.75) is 6.54 Å². The van der Waals surface area contributed by atoms with Crippen molar-refractivity contribution in [1.29, 1.82) is 0 Å². The SMILES string of the molecule is COc1ccc(/C=N\NC(=O)c2cccn(Cc3ccccc3)c2=O)cc1Br. The topological polar surface area (TPSA) is 72.7 Å². The number of ether oxygens (including phenoxy) is 1. The fourth-order valence-electron chi connectivity index (χ4n) is 2.60. The fourth-order valence-corrected chi connectivity index (χ4v) is 3.16. The molecule has 0 radical (unpaired) electrons. The number of hydrogen-bond donors (Lipinski definition) is 1. The predicted molar refractivity (Wildman–Crippen MR) is 112 cm³/mol. The van der Waals surface area contributed by atoms with Crippen LogP contribution in [-0.4, -0.2) is 23.8 Å². The van der Waals surface area contributed by atoms with E-state index < -0.39 is 5.91 Å². The van der Waals surface area contributed by atoms with Crippen LogP contribution >= 0.6 is 15.9 Å². The van der Waals surface area contributed by atoms with E-state index in [0.717, 1.165) is 15.6 Å². The Labute approximate surface area is 170 Å². The molecule has 28 heavy (non-hydrogen) atoms. The highest BCUT2D eigenvalue weighted by Gasteiger charge is 2.11. The molecule has 0 unspecified atom stereocenters. The number of nitrogens with zero attached hydrogens (tertiary/aromatic N) is 2. The summed E-state index contributed by atoms with van der Waals surface area (Å²) in [6.07, 6.45) is 3.15. The number of rotatable bonds is 6. The lowest BCUT2D eigenvalue weighted by atomic mass is 10.2. The number of methoxy groups -OCH3 is 1. The van der Waals surface area contributed by atoms with Gasteiger partial charge in [0.1, 0.15) is 11.3 Å². The van der Waals surface area contributed by atoms with Gasteiger partial charge in [-0.2, -0.15) is 5.10 Å². The van der Waals surface area contributed by atoms with Gasteiger partial charge in [-0.3, -0.25) is 9.59 Å². The molecule has 0 bridgehead atoms. The quantitative estimate of drug-likeness (QED) is 0.472. The molecule has 6 nitrogen and oxygen atoms in total. The van der Waals surface area contributed by atoms with E-state index in [2.05, 4.69) is 26.5 Å². The third-order valence-corrected chi connectivity index (χ3v) is 4.64. The monoisotopic (exact) mass is 439 g/mol. The molecule has 3 aromatic rings. The van der Waals surface area contributed by atoms with Gasteiger partial charge in [-0.05, 0) is 57.4 Å². The number of halogens is 1. The van der Waals surface area contributed by atoms with Gasteiger partial charge in [-0.15, -0.1) is 0 Å². The number of benzene rings is 2. The minimum atomic E-state index is -0.559. The molecule has 0 saturated heterocycles. The molecule has 0 saturated carbocycles. The summed E-state index contributed by atoms with van der Waals surface area (Å²) < 4.78 is 7.44. The average molecular weight is 440 g/mol. The first-order valence-electron chi connectivity index (χ1n) is 8.49. The predicted octanol–water partition coefficient (Wildman–Crippen LogP) is 3.43. The fraction of sp³-hybridized carbons (Fsp3) is 0.0952. The number of hydrazone groups is 1. The third kappa shape index (κ3) is 4.75. The molecule has 0 atom stereocenters. The van der Waals surface area contributed by atoms with Crippen LogP contribution in [0.2, 0.25) is 0 Å². The minimum Gasteiger partial charge on any atom is -0.496 e. The summed E-state index contributed by atoms with van der Waals surface area (Å²) in [5, 5.41) is 3.93. The van der Waals surface area contributed by atoms with Crippen LogP contribution in [0.3, 0.4) is 0 Å². The van der Waals surface area contributed by atoms with Gasteiger partial charge in [0.15, 0.2) is 0 Å². The van der Waals surface area contributed by atoms with Crippen molar-refractivity contribution in [2.75, 3.05) is 7.11 Å². The lowest BCUT2D eigenvalue weighted by molar-refractivity contribution is 0.0953. The molecular weight excluding hydrogens is 422 g/mol. The number of hydrogen-bond acceptors (Lipinski definition) is 4. The minimum absolute atomic E-state index is 0.0338. The molecule has 1 N–H and O–H groups in total. The van der Waals surface area contributed by atoms with Gasteiger partial charge in [-0.1, -0.05) is 30.3 Å². The average Bonchev–Trinajstić information content (AvgIpc) is 2.70. The maximum absolute atomic E-state index is 12.6. The Morgan fingerprint density at radius 2 is 1.96 bits per heavy atom. The zero-order chi connectivity index (χ0) is 19.9. The molecule has 1 amide bonds. The first kappa shape index (κ1) is 19.6. The van der Waals surface area contributed by atoms with E-state index in [-0.39, 0.29) is 11.1 Å². The Morgan fingerprint density at radius 3 is 2.68 bits per heavy atom. The number of pyridine rings is 1. The van der Waals surface area contributed by atoms with Crippen molar-refractivity contribution < 1.29 is 9.53 Å². The van der Waals surface area contributed by atoms with Crippen LogP contribution in [-0.2, 0) is 6.54 Å². The zero-order valence-corrected chi connectivity index (χ0v) is 16.7. The molecule has 3 rings (SSSR count). The second kappa shape index (κ2) is 9.14. The third-order valence-electron chi connectivity index (χ3n) is 4.02. The summed E-state index contributed by atoms with van der Waals surface area (Å²) in [4.78, 5) is 25.0. The summed E-state index contributed by atoms with van der Waals surface area (Å²) in [7, 11) is 1.58. The van der Waals surface area contributed by atoms with Crippen molar-refractivity contribution in [3.63, 3.8) is 0 Å². The summed E-state index contributed by atoms with van der Waals surface area (Å²) in [5.41, 5.74) is 3.81. The molecule has 0 aliphatic carbocycles. The second-order valence-corrected chi connectivity index (χ2v) is 6.79. The summed E-state index contributed by atoms with van der Waals surface area (Å²) in [5.74, 6) is 0.140. The Kier molecular flexibility index (Phi) is 6.39. The molecule has 1 aromatic heterocycles. The van der Waals surface area contributed by atoms with Gasteiger partial charge in [0.2, 0.25) is 0 Å². The van der Waals surface area contributed by atoms with Crippen molar-refractivity contribution in [3.05, 3.63) is 98.4 Å². The molecule has 1 heterocycles. The zero-order valence-electron chi connectivity index (χ0n) is 15.1. The van der Waals surface area contributed by atoms with Crippen LogP contribution < -0.4 is 15.7 Å². The van der Waals surface area contributed by atoms with E-state index in [0.29, 0.717) is 12.3 Å². The Morgan fingerprint density at radius 1 is 1.18 bits per heavy atom. The van der Waals surface area contributed by atoms with Crippen LogP contribution in [0, 0.1) is 0 Å². The highest BCUT2D eigenvalue weighted by molar-refractivity contribution is 9.10. The smallest absolute Gasteiger partial charge is 0.276 e. The molecule has 7 heteroatoms. The number of amides is 1. The van der Waals surface area contributed by atoms with E-state index in [9.17, 15) is 9.59 Å². The van der Waals surface area contributed by atoms with Gasteiger partial charge in [0.25, 0.3) is 11.5 Å². The van der Waals surface area contributed by atoms with Gasteiger partial charge in [0.05, 0.1) is 24.3 Å². The highest BCUT2D eigenvalue weighted by Crippen LogP contribution is 2.24. The second-order valence-electron chi connectivity index (χ2n) is 5.93. The van der Waals surface area contributed by atoms with Crippen LogP contribution in [0.15, 0.2) is 81.2 Å². The molecule has 142 valence electrons. The van der Waals surface area contributed by atoms with E-state index in [1.54, 1.807) is 31.5 Å². The molecule has 0 fully saturated rings. The van der Waals surface area contributed by atoms with Crippen molar-refractivity contribution in [2.24, 2.45) is 5.10 Å². The Balaban J connectivity index is 1.71. The lowest BCUT2D eigenvalue weighted by Gasteiger charge is -2.07. The lowest BCUT2D eigenvalue weighted by Crippen LogP contribution is -2.30. The first-order chi connectivity index (χ1) is 13.6. The summed E-state index contributed by atoms with van der Waals surface area (Å²) in [6, 6.07) is 18.1. The van der Waals surface area contributed by atoms with E-state index >= 15 is 0 Å². The van der Waals surface area contributed by atoms with Crippen LogP contribution in [0.5, 0.6) is 5.75 Å². The summed E-state index contributed by atoms with van der Waals surface area (Å²) in [6.45, 7) is 0.393. The highest BCUT2D eigenvalue weighted by atomic mass is 79.9. The number of carbonyl (C=O) groups is 1. The van der Waals surface area contributed by atoms with E-state index in [1.165, 1.54) is 16.8 Å². The maximum Gasteiger partial charge on any atom is 0.276 e. The molecule has 2 aromatic carbocycles. The standard InChI is InChI=1S/C21H18BrN3O3/c1-28-19-10-9-16(12-18(19)22)13-23-24-20(26)17-8-5-11-25(21(17)27)14-15-6-3-2-4-7-15/h2-13H,14H2,1H3,(H,24,26)/b23-13-. The van der Waals surface area contributed by atoms with Gasteiger partial charge in [-0.25, -0.2) is 5.43 Å². The number of nitrogens with one attached hydrogen (secondary N) is 1. The maximum atomic E-state index is 12.6. The van der Waals surface area contributed by atoms with Gasteiger partial charge >= 0.3 is 0 Å². The van der Waals surface area contributed by atoms with Crippen LogP contribution in [0.4, 0.5) is 0 Å². The van der Waals surface area contributed by atoms with E-state index in [4.69, 9.17) is 4.74 Å². The van der Waals surface area contributed by atoms with Crippen LogP contribution in [0.25, 0.3) is 0 Å². The summed E-state index contributed by atoms with van der Waals surface area (Å²) >= 11 is 3.39. The number of carbonyl (C=O) groups excluding carboxylic acids is 1. The number of aromatic nitrogens is 1. The molecule has 0 aliphatic heterocycles. The van der Waals surface area contributed by atoms with Gasteiger partial charge < -0.3 is 9.30 Å². The van der Waals surface area contributed by atoms with E-state index in [1.807, 2.05) is 36.4 Å². The Bertz CT molecular complexity index is 1060. The Hall–Kier alpha value is -3.19. The first-order valence-corrected chi connectivity index (χ1v) is 9.28. The van der Waals surface area contributed by atoms with Crippen molar-refractivity contribution in [1.82, 2.24) is 9.99 Å². The van der Waals surface area contributed by atoms with Crippen molar-refractivity contribution in [3.8, 4) is 5.75 Å². The largest absolute Gasteiger partial charge is 0.496 e. The van der Waals surface area contributed by atoms with Crippen molar-refractivity contribution >= 4 is 28.1 Å². The van der Waals surface area contributed by atoms with Crippen LogP contribution in [0.1, 0.15) is 21.5 Å². The molecule has 0 aliphatic rings. The molecule has 0 spiro atoms.